The van der Waals surface area contributed by atoms with E-state index in [1.165, 1.54) is 16.4 Å². The number of nitrogens with zero attached hydrogens (tertiary/aromatic N) is 5. The Hall–Kier alpha value is -2.97. The summed E-state index contributed by atoms with van der Waals surface area (Å²) < 4.78 is 85.9. The number of amides is 1. The third kappa shape index (κ3) is 5.65. The Morgan fingerprint density at radius 2 is 1.74 bits per heavy atom. The van der Waals surface area contributed by atoms with Gasteiger partial charge in [-0.15, -0.1) is 10.2 Å². The Bertz CT molecular complexity index is 1090. The van der Waals surface area contributed by atoms with Gasteiger partial charge in [0.1, 0.15) is 5.84 Å². The van der Waals surface area contributed by atoms with Crippen LogP contribution in [0.3, 0.4) is 0 Å². The number of likely N-dealkylation sites (tertiary alicyclic amines) is 1. The van der Waals surface area contributed by atoms with Gasteiger partial charge in [-0.25, -0.2) is 9.47 Å². The molecule has 0 atom stereocenters. The summed E-state index contributed by atoms with van der Waals surface area (Å²) in [6.07, 6.45) is -9.18. The van der Waals surface area contributed by atoms with Crippen molar-refractivity contribution >= 4 is 23.7 Å². The van der Waals surface area contributed by atoms with Crippen LogP contribution in [0.4, 0.5) is 31.1 Å². The lowest BCUT2D eigenvalue weighted by molar-refractivity contribution is -0.143. The largest absolute Gasteiger partial charge is 0.450 e. The molecule has 0 radical (unpaired) electrons. The van der Waals surface area contributed by atoms with Crippen molar-refractivity contribution in [3.63, 3.8) is 0 Å². The van der Waals surface area contributed by atoms with Crippen molar-refractivity contribution in [3.05, 3.63) is 29.3 Å². The van der Waals surface area contributed by atoms with Crippen molar-refractivity contribution in [2.24, 2.45) is 4.99 Å². The second-order valence-corrected chi connectivity index (χ2v) is 8.77. The first-order valence-corrected chi connectivity index (χ1v) is 11.6. The molecule has 2 aliphatic heterocycles. The second kappa shape index (κ2) is 9.59. The molecule has 2 aliphatic rings. The minimum Gasteiger partial charge on any atom is -0.450 e. The summed E-state index contributed by atoms with van der Waals surface area (Å²) in [6.45, 7) is 2.92. The molecule has 1 aromatic heterocycles. The number of alkyl halides is 6. The topological polar surface area (TPSA) is 84.6 Å². The van der Waals surface area contributed by atoms with E-state index in [1.807, 2.05) is 0 Å². The van der Waals surface area contributed by atoms with E-state index in [9.17, 15) is 31.1 Å². The van der Waals surface area contributed by atoms with Crippen LogP contribution >= 0.6 is 11.8 Å². The van der Waals surface area contributed by atoms with Gasteiger partial charge in [0.2, 0.25) is 5.16 Å². The van der Waals surface area contributed by atoms with Gasteiger partial charge >= 0.3 is 18.4 Å². The first kappa shape index (κ1) is 25.1. The fraction of sp³-hybridized carbons (Fsp3) is 0.500. The molecule has 8 nitrogen and oxygen atoms in total. The Kier molecular flexibility index (Phi) is 6.88. The van der Waals surface area contributed by atoms with Crippen molar-refractivity contribution in [1.82, 2.24) is 19.8 Å². The Labute approximate surface area is 199 Å². The zero-order chi connectivity index (χ0) is 25.4. The van der Waals surface area contributed by atoms with E-state index in [2.05, 4.69) is 20.6 Å². The number of amidine groups is 1. The molecule has 15 heteroatoms. The summed E-state index contributed by atoms with van der Waals surface area (Å²) in [5.41, 5.74) is -0.350. The number of halogens is 6. The van der Waals surface area contributed by atoms with E-state index < -0.39 is 23.5 Å². The number of ether oxygens (including phenoxy) is 1. The zero-order valence-electron chi connectivity index (χ0n) is 18.3. The van der Waals surface area contributed by atoms with Gasteiger partial charge in [0.05, 0.1) is 29.5 Å². The maximum atomic E-state index is 13.3. The third-order valence-corrected chi connectivity index (χ3v) is 6.33. The lowest BCUT2D eigenvalue weighted by Crippen LogP contribution is -2.41. The third-order valence-electron chi connectivity index (χ3n) is 5.39. The zero-order valence-corrected chi connectivity index (χ0v) is 19.1. The van der Waals surface area contributed by atoms with Crippen LogP contribution in [-0.4, -0.2) is 63.2 Å². The summed E-state index contributed by atoms with van der Waals surface area (Å²) in [6, 6.07) is 1.16. The van der Waals surface area contributed by atoms with E-state index in [1.54, 1.807) is 11.8 Å². The van der Waals surface area contributed by atoms with Gasteiger partial charge in [0.15, 0.2) is 5.82 Å². The highest BCUT2D eigenvalue weighted by atomic mass is 32.2. The lowest BCUT2D eigenvalue weighted by Gasteiger charge is -2.30. The van der Waals surface area contributed by atoms with Gasteiger partial charge in [-0.05, 0) is 38.0 Å². The Morgan fingerprint density at radius 1 is 1.11 bits per heavy atom. The molecule has 190 valence electrons. The van der Waals surface area contributed by atoms with Crippen LogP contribution in [0.15, 0.2) is 28.3 Å². The molecule has 0 spiro atoms. The molecule has 1 fully saturated rings. The molecule has 1 aromatic carbocycles. The van der Waals surface area contributed by atoms with Crippen LogP contribution in [0.25, 0.3) is 11.4 Å². The molecule has 4 rings (SSSR count). The van der Waals surface area contributed by atoms with Gasteiger partial charge in [0, 0.05) is 18.7 Å². The highest BCUT2D eigenvalue weighted by Gasteiger charge is 2.38. The van der Waals surface area contributed by atoms with Gasteiger partial charge in [-0.2, -0.15) is 26.3 Å². The number of benzene rings is 1. The number of carbonyl (C=O) groups excluding carboxylic acids is 1. The number of nitrogens with one attached hydrogen (secondary N) is 1. The molecule has 1 N–H and O–H groups in total. The number of aliphatic imine (C=N–C) groups is 1. The van der Waals surface area contributed by atoms with Gasteiger partial charge < -0.3 is 9.64 Å². The molecule has 0 unspecified atom stereocenters. The average Bonchev–Trinajstić information content (AvgIpc) is 3.21. The molecule has 1 saturated heterocycles. The molecular formula is C20H20F6N6O2S. The Morgan fingerprint density at radius 3 is 2.31 bits per heavy atom. The fourth-order valence-electron chi connectivity index (χ4n) is 3.71. The van der Waals surface area contributed by atoms with E-state index in [4.69, 9.17) is 4.74 Å². The van der Waals surface area contributed by atoms with E-state index >= 15 is 0 Å². The minimum absolute atomic E-state index is 0.0642. The number of fused-ring (bicyclic) bond motifs is 1. The number of piperidine rings is 1. The summed E-state index contributed by atoms with van der Waals surface area (Å²) >= 11 is 1.20. The number of hydrogen-bond donors (Lipinski definition) is 1. The standard InChI is InChI=1S/C20H20F6N6O2S/c1-2-34-18(33)31-5-3-14(4-6-31)27-15-10-35-17-29-28-16(32(17)30-15)11-7-12(19(21,22)23)9-13(8-11)20(24,25)26/h7-9,14H,2-6,10H2,1H3,(H,27,30). The quantitative estimate of drug-likeness (QED) is 0.591. The SMILES string of the molecule is CCOC(=O)N1CCC(N=C2CSc3nnc(-c4cc(C(F)(F)F)cc(C(F)(F)F)c4)n3N2)CC1. The molecule has 0 aliphatic carbocycles. The predicted molar refractivity (Wildman–Crippen MR) is 115 cm³/mol. The molecule has 0 bridgehead atoms. The molecule has 1 amide bonds. The number of hydrogen-bond acceptors (Lipinski definition) is 6. The Balaban J connectivity index is 1.57. The molecule has 3 heterocycles. The van der Waals surface area contributed by atoms with Gasteiger partial charge in [-0.3, -0.25) is 10.4 Å². The van der Waals surface area contributed by atoms with Crippen molar-refractivity contribution in [2.75, 3.05) is 30.9 Å². The van der Waals surface area contributed by atoms with Crippen LogP contribution < -0.4 is 5.43 Å². The molecule has 35 heavy (non-hydrogen) atoms. The van der Waals surface area contributed by atoms with Crippen molar-refractivity contribution in [1.29, 1.82) is 0 Å². The fourth-order valence-corrected chi connectivity index (χ4v) is 4.47. The van der Waals surface area contributed by atoms with Crippen molar-refractivity contribution in [2.45, 2.75) is 43.3 Å². The van der Waals surface area contributed by atoms with E-state index in [-0.39, 0.29) is 41.4 Å². The van der Waals surface area contributed by atoms with Crippen LogP contribution in [0.1, 0.15) is 30.9 Å². The van der Waals surface area contributed by atoms with Crippen LogP contribution in [-0.2, 0) is 17.1 Å². The number of carbonyl (C=O) groups is 1. The minimum atomic E-state index is -4.98. The summed E-state index contributed by atoms with van der Waals surface area (Å²) in [5, 5.41) is 7.99. The monoisotopic (exact) mass is 522 g/mol. The highest BCUT2D eigenvalue weighted by molar-refractivity contribution is 7.99. The lowest BCUT2D eigenvalue weighted by atomic mass is 10.0. The molecular weight excluding hydrogens is 502 g/mol. The van der Waals surface area contributed by atoms with E-state index in [0.717, 1.165) is 0 Å². The average molecular weight is 522 g/mol. The van der Waals surface area contributed by atoms with Gasteiger partial charge in [0.25, 0.3) is 0 Å². The van der Waals surface area contributed by atoms with E-state index in [0.29, 0.717) is 49.7 Å². The first-order valence-electron chi connectivity index (χ1n) is 10.6. The number of aromatic nitrogens is 3. The van der Waals surface area contributed by atoms with Crippen LogP contribution in [0.2, 0.25) is 0 Å². The maximum absolute atomic E-state index is 13.3. The summed E-state index contributed by atoms with van der Waals surface area (Å²) in [4.78, 5) is 18.1. The first-order chi connectivity index (χ1) is 16.5. The maximum Gasteiger partial charge on any atom is 0.416 e. The highest BCUT2D eigenvalue weighted by Crippen LogP contribution is 2.39. The normalized spacial score (nSPS) is 18.4. The second-order valence-electron chi connectivity index (χ2n) is 7.83. The predicted octanol–water partition coefficient (Wildman–Crippen LogP) is 4.65. The number of rotatable bonds is 3. The van der Waals surface area contributed by atoms with Crippen LogP contribution in [0, 0.1) is 0 Å². The molecule has 0 saturated carbocycles. The van der Waals surface area contributed by atoms with Crippen LogP contribution in [0.5, 0.6) is 0 Å². The molecule has 2 aromatic rings. The van der Waals surface area contributed by atoms with Crippen molar-refractivity contribution < 1.29 is 35.9 Å². The van der Waals surface area contributed by atoms with Crippen molar-refractivity contribution in [3.8, 4) is 11.4 Å². The summed E-state index contributed by atoms with van der Waals surface area (Å²) in [7, 11) is 0. The number of thioether (sulfide) groups is 1. The van der Waals surface area contributed by atoms with Gasteiger partial charge in [-0.1, -0.05) is 11.8 Å². The summed E-state index contributed by atoms with van der Waals surface area (Å²) in [5.74, 6) is 0.641. The smallest absolute Gasteiger partial charge is 0.416 e.